The molecule has 0 atom stereocenters. The number of rotatable bonds is 4. The molecule has 1 fully saturated rings. The summed E-state index contributed by atoms with van der Waals surface area (Å²) in [6.45, 7) is 2.36. The van der Waals surface area contributed by atoms with Gasteiger partial charge in [0.05, 0.1) is 18.5 Å². The van der Waals surface area contributed by atoms with Crippen LogP contribution in [0.4, 0.5) is 0 Å². The second-order valence-electron chi connectivity index (χ2n) is 5.06. The van der Waals surface area contributed by atoms with Gasteiger partial charge in [-0.1, -0.05) is 12.1 Å². The Morgan fingerprint density at radius 3 is 2.25 bits per heavy atom. The van der Waals surface area contributed by atoms with Gasteiger partial charge in [0, 0.05) is 13.1 Å². The number of ether oxygens (including phenoxy) is 1. The Hall–Kier alpha value is -1.11. The highest BCUT2D eigenvalue weighted by Gasteiger charge is 2.37. The van der Waals surface area contributed by atoms with Crippen LogP contribution in [0.5, 0.6) is 5.75 Å². The first-order chi connectivity index (χ1) is 9.41. The number of nitrogens with zero attached hydrogens (tertiary/aromatic N) is 1. The van der Waals surface area contributed by atoms with E-state index >= 15 is 0 Å². The van der Waals surface area contributed by atoms with E-state index in [-0.39, 0.29) is 5.75 Å². The molecule has 112 valence electrons. The zero-order valence-electron chi connectivity index (χ0n) is 11.9. The van der Waals surface area contributed by atoms with E-state index in [2.05, 4.69) is 0 Å². The van der Waals surface area contributed by atoms with Gasteiger partial charge < -0.3 is 9.84 Å². The molecule has 1 aromatic rings. The average molecular weight is 299 g/mol. The quantitative estimate of drug-likeness (QED) is 0.911. The molecule has 20 heavy (non-hydrogen) atoms. The number of piperidine rings is 1. The van der Waals surface area contributed by atoms with Gasteiger partial charge in [-0.25, -0.2) is 12.7 Å². The van der Waals surface area contributed by atoms with E-state index in [1.165, 1.54) is 4.31 Å². The third-order valence-corrected chi connectivity index (χ3v) is 5.82. The molecule has 1 N–H and O–H groups in total. The van der Waals surface area contributed by atoms with Gasteiger partial charge >= 0.3 is 0 Å². The molecule has 1 aliphatic rings. The summed E-state index contributed by atoms with van der Waals surface area (Å²) < 4.78 is 30.2. The van der Waals surface area contributed by atoms with Crippen LogP contribution >= 0.6 is 0 Å². The van der Waals surface area contributed by atoms with Crippen LogP contribution in [-0.2, 0) is 15.6 Å². The minimum absolute atomic E-state index is 0.105. The Morgan fingerprint density at radius 1 is 1.25 bits per heavy atom. The molecule has 1 heterocycles. The first kappa shape index (κ1) is 15.3. The van der Waals surface area contributed by atoms with Crippen molar-refractivity contribution in [2.75, 3.05) is 26.0 Å². The van der Waals surface area contributed by atoms with Crippen molar-refractivity contribution in [3.8, 4) is 5.75 Å². The van der Waals surface area contributed by atoms with Crippen LogP contribution < -0.4 is 4.74 Å². The molecule has 1 aliphatic heterocycles. The largest absolute Gasteiger partial charge is 0.497 e. The summed E-state index contributed by atoms with van der Waals surface area (Å²) in [5, 5.41) is 10.7. The molecule has 0 spiro atoms. The highest BCUT2D eigenvalue weighted by atomic mass is 32.2. The molecule has 0 bridgehead atoms. The van der Waals surface area contributed by atoms with Gasteiger partial charge in [0.15, 0.2) is 0 Å². The maximum absolute atomic E-state index is 11.8. The van der Waals surface area contributed by atoms with Gasteiger partial charge in [0.2, 0.25) is 10.0 Å². The molecule has 0 aliphatic carbocycles. The zero-order valence-corrected chi connectivity index (χ0v) is 12.7. The van der Waals surface area contributed by atoms with Gasteiger partial charge in [0.25, 0.3) is 0 Å². The molecule has 5 nitrogen and oxygen atoms in total. The fraction of sp³-hybridized carbons (Fsp3) is 0.571. The van der Waals surface area contributed by atoms with Gasteiger partial charge in [-0.05, 0) is 37.5 Å². The highest BCUT2D eigenvalue weighted by Crippen LogP contribution is 2.34. The summed E-state index contributed by atoms with van der Waals surface area (Å²) in [5.74, 6) is 0.844. The van der Waals surface area contributed by atoms with Gasteiger partial charge in [-0.15, -0.1) is 0 Å². The van der Waals surface area contributed by atoms with Crippen molar-refractivity contribution in [2.24, 2.45) is 0 Å². The number of benzene rings is 1. The topological polar surface area (TPSA) is 66.8 Å². The summed E-state index contributed by atoms with van der Waals surface area (Å²) in [6.07, 6.45) is 0.830. The monoisotopic (exact) mass is 299 g/mol. The van der Waals surface area contributed by atoms with Gasteiger partial charge in [-0.2, -0.15) is 0 Å². The lowest BCUT2D eigenvalue weighted by Gasteiger charge is -2.37. The second kappa shape index (κ2) is 5.71. The van der Waals surface area contributed by atoms with Crippen molar-refractivity contribution in [3.05, 3.63) is 29.8 Å². The van der Waals surface area contributed by atoms with E-state index in [0.717, 1.165) is 11.3 Å². The summed E-state index contributed by atoms with van der Waals surface area (Å²) in [6, 6.07) is 7.29. The van der Waals surface area contributed by atoms with Crippen molar-refractivity contribution in [1.82, 2.24) is 4.31 Å². The van der Waals surface area contributed by atoms with Crippen LogP contribution in [-0.4, -0.2) is 43.8 Å². The van der Waals surface area contributed by atoms with Crippen molar-refractivity contribution in [3.63, 3.8) is 0 Å². The maximum Gasteiger partial charge on any atom is 0.213 e. The molecule has 6 heteroatoms. The van der Waals surface area contributed by atoms with E-state index in [0.29, 0.717) is 25.9 Å². The number of methoxy groups -OCH3 is 1. The Kier molecular flexibility index (Phi) is 4.36. The van der Waals surface area contributed by atoms with Crippen LogP contribution in [0.25, 0.3) is 0 Å². The average Bonchev–Trinajstić information content (AvgIpc) is 2.48. The number of sulfonamides is 1. The second-order valence-corrected chi connectivity index (χ2v) is 7.32. The van der Waals surface area contributed by atoms with E-state index in [9.17, 15) is 13.5 Å². The Morgan fingerprint density at radius 2 is 1.80 bits per heavy atom. The molecule has 1 aromatic carbocycles. The molecule has 0 saturated carbocycles. The number of hydrogen-bond acceptors (Lipinski definition) is 4. The lowest BCUT2D eigenvalue weighted by atomic mass is 9.85. The van der Waals surface area contributed by atoms with Crippen LogP contribution in [0.15, 0.2) is 24.3 Å². The van der Waals surface area contributed by atoms with Crippen molar-refractivity contribution >= 4 is 10.0 Å². The zero-order chi connectivity index (χ0) is 14.8. The molecule has 0 unspecified atom stereocenters. The molecule has 1 saturated heterocycles. The molecular formula is C14H21NO4S. The lowest BCUT2D eigenvalue weighted by Crippen LogP contribution is -2.45. The van der Waals surface area contributed by atoms with Gasteiger partial charge in [0.1, 0.15) is 5.75 Å². The number of aliphatic hydroxyl groups is 1. The SMILES string of the molecule is CCS(=O)(=O)N1CCC(O)(c2ccc(OC)cc2)CC1. The number of hydrogen-bond donors (Lipinski definition) is 1. The summed E-state index contributed by atoms with van der Waals surface area (Å²) in [7, 11) is -1.57. The molecule has 0 amide bonds. The molecule has 2 rings (SSSR count). The van der Waals surface area contributed by atoms with E-state index < -0.39 is 15.6 Å². The van der Waals surface area contributed by atoms with E-state index in [4.69, 9.17) is 4.74 Å². The minimum atomic E-state index is -3.16. The molecular weight excluding hydrogens is 278 g/mol. The Bertz CT molecular complexity index is 545. The third-order valence-electron chi connectivity index (χ3n) is 3.94. The molecule has 0 aromatic heterocycles. The smallest absolute Gasteiger partial charge is 0.213 e. The Balaban J connectivity index is 2.11. The highest BCUT2D eigenvalue weighted by molar-refractivity contribution is 7.89. The predicted molar refractivity (Wildman–Crippen MR) is 77.2 cm³/mol. The van der Waals surface area contributed by atoms with Crippen molar-refractivity contribution in [2.45, 2.75) is 25.4 Å². The normalized spacial score (nSPS) is 19.8. The first-order valence-electron chi connectivity index (χ1n) is 6.76. The van der Waals surface area contributed by atoms with Crippen molar-refractivity contribution in [1.29, 1.82) is 0 Å². The van der Waals surface area contributed by atoms with Crippen LogP contribution in [0, 0.1) is 0 Å². The fourth-order valence-electron chi connectivity index (χ4n) is 2.51. The summed E-state index contributed by atoms with van der Waals surface area (Å²) in [5.41, 5.74) is -0.140. The predicted octanol–water partition coefficient (Wildman–Crippen LogP) is 1.33. The maximum atomic E-state index is 11.8. The van der Waals surface area contributed by atoms with Crippen LogP contribution in [0.3, 0.4) is 0 Å². The third kappa shape index (κ3) is 2.97. The van der Waals surface area contributed by atoms with Crippen molar-refractivity contribution < 1.29 is 18.3 Å². The summed E-state index contributed by atoms with van der Waals surface area (Å²) >= 11 is 0. The standard InChI is InChI=1S/C14H21NO4S/c1-3-20(17,18)15-10-8-14(16,9-11-15)12-4-6-13(19-2)7-5-12/h4-7,16H,3,8-11H2,1-2H3. The van der Waals surface area contributed by atoms with Crippen LogP contribution in [0.1, 0.15) is 25.3 Å². The first-order valence-corrected chi connectivity index (χ1v) is 8.37. The Labute approximate surface area is 120 Å². The lowest BCUT2D eigenvalue weighted by molar-refractivity contribution is -0.00961. The van der Waals surface area contributed by atoms with E-state index in [1.54, 1.807) is 14.0 Å². The van der Waals surface area contributed by atoms with Crippen LogP contribution in [0.2, 0.25) is 0 Å². The van der Waals surface area contributed by atoms with E-state index in [1.807, 2.05) is 24.3 Å². The summed E-state index contributed by atoms with van der Waals surface area (Å²) in [4.78, 5) is 0. The molecule has 0 radical (unpaired) electrons. The van der Waals surface area contributed by atoms with Gasteiger partial charge in [-0.3, -0.25) is 0 Å². The minimum Gasteiger partial charge on any atom is -0.497 e. The fourth-order valence-corrected chi connectivity index (χ4v) is 3.61.